The van der Waals surface area contributed by atoms with Crippen LogP contribution in [0.5, 0.6) is 11.5 Å². The summed E-state index contributed by atoms with van der Waals surface area (Å²) < 4.78 is 0. The topological polar surface area (TPSA) is 107 Å². The van der Waals surface area contributed by atoms with Gasteiger partial charge in [0, 0.05) is 0 Å². The molecular weight excluding hydrogens is 250 g/mol. The number of unbranched alkanes of at least 4 members (excludes halogenated alkanes) is 1. The molecule has 0 aliphatic carbocycles. The molecule has 0 saturated carbocycles. The smallest absolute Gasteiger partial charge is 0.326 e. The largest absolute Gasteiger partial charge is 0.504 e. The first kappa shape index (κ1) is 14.8. The molecule has 104 valence electrons. The molecule has 0 fully saturated rings. The van der Waals surface area contributed by atoms with Gasteiger partial charge in [-0.1, -0.05) is 25.8 Å². The fourth-order valence-electron chi connectivity index (χ4n) is 1.62. The molecule has 0 bridgehead atoms. The highest BCUT2D eigenvalue weighted by molar-refractivity contribution is 5.99. The first-order valence-electron chi connectivity index (χ1n) is 6.02. The lowest BCUT2D eigenvalue weighted by molar-refractivity contribution is -0.139. The quantitative estimate of drug-likeness (QED) is 0.584. The van der Waals surface area contributed by atoms with Gasteiger partial charge in [-0.05, 0) is 18.6 Å². The summed E-state index contributed by atoms with van der Waals surface area (Å²) in [5, 5.41) is 30.1. The lowest BCUT2D eigenvalue weighted by Crippen LogP contribution is -2.40. The van der Waals surface area contributed by atoms with Crippen LogP contribution >= 0.6 is 0 Å². The van der Waals surface area contributed by atoms with E-state index in [9.17, 15) is 19.8 Å². The van der Waals surface area contributed by atoms with Crippen molar-refractivity contribution in [3.05, 3.63) is 23.8 Å². The number of carbonyl (C=O) groups is 2. The first-order chi connectivity index (χ1) is 8.97. The molecule has 0 aromatic heterocycles. The van der Waals surface area contributed by atoms with Gasteiger partial charge in [-0.15, -0.1) is 0 Å². The van der Waals surface area contributed by atoms with Crippen molar-refractivity contribution in [3.8, 4) is 11.5 Å². The Morgan fingerprint density at radius 2 is 2.00 bits per heavy atom. The minimum Gasteiger partial charge on any atom is -0.504 e. The number of phenols is 2. The Morgan fingerprint density at radius 3 is 2.58 bits per heavy atom. The molecule has 6 heteroatoms. The van der Waals surface area contributed by atoms with Gasteiger partial charge >= 0.3 is 5.97 Å². The van der Waals surface area contributed by atoms with Crippen LogP contribution in [0, 0.1) is 0 Å². The zero-order valence-electron chi connectivity index (χ0n) is 10.6. The Balaban J connectivity index is 2.82. The number of aliphatic carboxylic acids is 1. The second-order valence-electron chi connectivity index (χ2n) is 4.18. The molecule has 1 rings (SSSR count). The Bertz CT molecular complexity index is 472. The van der Waals surface area contributed by atoms with Crippen LogP contribution in [0.1, 0.15) is 36.5 Å². The fourth-order valence-corrected chi connectivity index (χ4v) is 1.62. The Labute approximate surface area is 110 Å². The maximum absolute atomic E-state index is 11.9. The number of amides is 1. The Hall–Kier alpha value is -2.24. The van der Waals surface area contributed by atoms with E-state index in [1.54, 1.807) is 0 Å². The number of benzene rings is 1. The summed E-state index contributed by atoms with van der Waals surface area (Å²) in [6, 6.07) is 2.93. The Kier molecular flexibility index (Phi) is 5.17. The van der Waals surface area contributed by atoms with Crippen LogP contribution in [0.15, 0.2) is 18.2 Å². The van der Waals surface area contributed by atoms with Gasteiger partial charge in [-0.2, -0.15) is 0 Å². The van der Waals surface area contributed by atoms with E-state index < -0.39 is 29.4 Å². The third-order valence-electron chi connectivity index (χ3n) is 2.71. The summed E-state index contributed by atoms with van der Waals surface area (Å²) >= 11 is 0. The van der Waals surface area contributed by atoms with Crippen molar-refractivity contribution >= 4 is 11.9 Å². The highest BCUT2D eigenvalue weighted by atomic mass is 16.4. The van der Waals surface area contributed by atoms with Crippen LogP contribution in [0.25, 0.3) is 0 Å². The van der Waals surface area contributed by atoms with Crippen molar-refractivity contribution < 1.29 is 24.9 Å². The van der Waals surface area contributed by atoms with Gasteiger partial charge in [0.05, 0.1) is 5.56 Å². The fraction of sp³-hybridized carbons (Fsp3) is 0.385. The van der Waals surface area contributed by atoms with Crippen molar-refractivity contribution in [1.82, 2.24) is 5.32 Å². The normalized spacial score (nSPS) is 11.8. The summed E-state index contributed by atoms with van der Waals surface area (Å²) in [5.41, 5.74) is -0.150. The van der Waals surface area contributed by atoms with E-state index in [0.717, 1.165) is 6.42 Å². The number of para-hydroxylation sites is 1. The zero-order chi connectivity index (χ0) is 14.4. The van der Waals surface area contributed by atoms with Gasteiger partial charge in [0.2, 0.25) is 0 Å². The highest BCUT2D eigenvalue weighted by Crippen LogP contribution is 2.28. The molecule has 0 spiro atoms. The van der Waals surface area contributed by atoms with E-state index in [1.165, 1.54) is 18.2 Å². The molecule has 1 amide bonds. The van der Waals surface area contributed by atoms with Gasteiger partial charge in [0.15, 0.2) is 11.5 Å². The molecule has 6 nitrogen and oxygen atoms in total. The molecule has 1 aromatic carbocycles. The third kappa shape index (κ3) is 3.87. The van der Waals surface area contributed by atoms with E-state index in [4.69, 9.17) is 5.11 Å². The van der Waals surface area contributed by atoms with Crippen molar-refractivity contribution in [2.45, 2.75) is 32.2 Å². The summed E-state index contributed by atoms with van der Waals surface area (Å²) in [4.78, 5) is 22.8. The average molecular weight is 267 g/mol. The standard InChI is InChI=1S/C13H17NO5/c1-2-3-6-9(13(18)19)14-12(17)8-5-4-7-10(15)11(8)16/h4-5,7,9,15-16H,2-3,6H2,1H3,(H,14,17)(H,18,19)/t9-/m0/s1. The molecule has 19 heavy (non-hydrogen) atoms. The number of phenolic OH excluding ortho intramolecular Hbond substituents is 2. The van der Waals surface area contributed by atoms with E-state index in [1.807, 2.05) is 6.92 Å². The van der Waals surface area contributed by atoms with Gasteiger partial charge in [-0.3, -0.25) is 4.79 Å². The molecule has 0 saturated heterocycles. The van der Waals surface area contributed by atoms with Gasteiger partial charge in [0.25, 0.3) is 5.91 Å². The summed E-state index contributed by atoms with van der Waals surface area (Å²) in [7, 11) is 0. The number of nitrogens with one attached hydrogen (secondary N) is 1. The van der Waals surface area contributed by atoms with Crippen molar-refractivity contribution in [2.75, 3.05) is 0 Å². The summed E-state index contributed by atoms with van der Waals surface area (Å²) in [5.74, 6) is -2.83. The monoisotopic (exact) mass is 267 g/mol. The SMILES string of the molecule is CCCC[C@H](NC(=O)c1cccc(O)c1O)C(=O)O. The maximum atomic E-state index is 11.9. The molecule has 4 N–H and O–H groups in total. The molecule has 0 aliphatic heterocycles. The molecule has 1 atom stereocenters. The lowest BCUT2D eigenvalue weighted by Gasteiger charge is -2.14. The van der Waals surface area contributed by atoms with Crippen LogP contribution in [-0.2, 0) is 4.79 Å². The second kappa shape index (κ2) is 6.63. The maximum Gasteiger partial charge on any atom is 0.326 e. The predicted molar refractivity (Wildman–Crippen MR) is 68.2 cm³/mol. The summed E-state index contributed by atoms with van der Waals surface area (Å²) in [6.07, 6.45) is 1.80. The lowest BCUT2D eigenvalue weighted by atomic mass is 10.1. The first-order valence-corrected chi connectivity index (χ1v) is 6.02. The zero-order valence-corrected chi connectivity index (χ0v) is 10.6. The molecule has 0 heterocycles. The van der Waals surface area contributed by atoms with Crippen molar-refractivity contribution in [2.24, 2.45) is 0 Å². The van der Waals surface area contributed by atoms with Crippen LogP contribution in [-0.4, -0.2) is 33.2 Å². The number of rotatable bonds is 6. The van der Waals surface area contributed by atoms with Crippen LogP contribution < -0.4 is 5.32 Å². The molecule has 1 aromatic rings. The van der Waals surface area contributed by atoms with Crippen LogP contribution in [0.2, 0.25) is 0 Å². The molecule has 0 aliphatic rings. The van der Waals surface area contributed by atoms with E-state index in [0.29, 0.717) is 12.8 Å². The summed E-state index contributed by atoms with van der Waals surface area (Å²) in [6.45, 7) is 1.92. The second-order valence-corrected chi connectivity index (χ2v) is 4.18. The average Bonchev–Trinajstić information content (AvgIpc) is 2.37. The van der Waals surface area contributed by atoms with Crippen molar-refractivity contribution in [3.63, 3.8) is 0 Å². The van der Waals surface area contributed by atoms with E-state index in [-0.39, 0.29) is 5.56 Å². The third-order valence-corrected chi connectivity index (χ3v) is 2.71. The minimum atomic E-state index is -1.12. The van der Waals surface area contributed by atoms with Gasteiger partial charge < -0.3 is 20.6 Å². The van der Waals surface area contributed by atoms with E-state index in [2.05, 4.69) is 5.32 Å². The number of carboxylic acid groups (broad SMARTS) is 1. The number of aromatic hydroxyl groups is 2. The van der Waals surface area contributed by atoms with Crippen LogP contribution in [0.3, 0.4) is 0 Å². The highest BCUT2D eigenvalue weighted by Gasteiger charge is 2.22. The number of hydrogen-bond donors (Lipinski definition) is 4. The molecule has 0 unspecified atom stereocenters. The number of carbonyl (C=O) groups excluding carboxylic acids is 1. The van der Waals surface area contributed by atoms with Crippen molar-refractivity contribution in [1.29, 1.82) is 0 Å². The number of carboxylic acids is 1. The molecule has 0 radical (unpaired) electrons. The molecular formula is C13H17NO5. The van der Waals surface area contributed by atoms with Gasteiger partial charge in [-0.25, -0.2) is 4.79 Å². The Morgan fingerprint density at radius 1 is 1.32 bits per heavy atom. The minimum absolute atomic E-state index is 0.150. The van der Waals surface area contributed by atoms with E-state index >= 15 is 0 Å². The van der Waals surface area contributed by atoms with Gasteiger partial charge in [0.1, 0.15) is 6.04 Å². The predicted octanol–water partition coefficient (Wildman–Crippen LogP) is 1.47. The number of hydrogen-bond acceptors (Lipinski definition) is 4. The van der Waals surface area contributed by atoms with Crippen LogP contribution in [0.4, 0.5) is 0 Å².